The van der Waals surface area contributed by atoms with Gasteiger partial charge in [-0.15, -0.1) is 0 Å². The highest BCUT2D eigenvalue weighted by Crippen LogP contribution is 2.36. The van der Waals surface area contributed by atoms with Crippen molar-refractivity contribution in [3.63, 3.8) is 0 Å². The average molecular weight is 485 g/mol. The van der Waals surface area contributed by atoms with Crippen molar-refractivity contribution in [2.75, 3.05) is 20.2 Å². The van der Waals surface area contributed by atoms with Crippen LogP contribution in [-0.4, -0.2) is 63.3 Å². The molecule has 6 nitrogen and oxygen atoms in total. The highest BCUT2D eigenvalue weighted by molar-refractivity contribution is 5.88. The van der Waals surface area contributed by atoms with E-state index in [0.29, 0.717) is 13.0 Å². The van der Waals surface area contributed by atoms with E-state index in [-0.39, 0.29) is 18.2 Å². The molecule has 1 rings (SSSR count). The zero-order valence-electron chi connectivity index (χ0n) is 23.3. The van der Waals surface area contributed by atoms with Gasteiger partial charge in [0, 0.05) is 13.0 Å². The van der Waals surface area contributed by atoms with E-state index in [1.807, 2.05) is 39.6 Å². The first-order valence-electron chi connectivity index (χ1n) is 13.9. The molecule has 0 radical (unpaired) electrons. The van der Waals surface area contributed by atoms with Gasteiger partial charge in [0.25, 0.3) is 0 Å². The fraction of sp³-hybridized carbons (Fsp3) is 0.929. The number of carbonyl (C=O) groups excluding carboxylic acids is 1. The summed E-state index contributed by atoms with van der Waals surface area (Å²) >= 11 is 0. The number of carbonyl (C=O) groups is 2. The van der Waals surface area contributed by atoms with E-state index >= 15 is 0 Å². The van der Waals surface area contributed by atoms with Crippen LogP contribution >= 0.6 is 0 Å². The van der Waals surface area contributed by atoms with Gasteiger partial charge in [0.1, 0.15) is 0 Å². The third-order valence-electron chi connectivity index (χ3n) is 7.41. The minimum absolute atomic E-state index is 0.0130. The van der Waals surface area contributed by atoms with E-state index in [2.05, 4.69) is 6.92 Å². The molecule has 1 heterocycles. The first-order valence-corrected chi connectivity index (χ1v) is 13.9. The number of aliphatic carboxylic acids is 1. The van der Waals surface area contributed by atoms with Gasteiger partial charge in [0.05, 0.1) is 17.8 Å². The minimum Gasteiger partial charge on any atom is -0.481 e. The second-order valence-corrected chi connectivity index (χ2v) is 10.9. The zero-order valence-corrected chi connectivity index (χ0v) is 23.3. The Hall–Kier alpha value is -1.14. The first-order chi connectivity index (χ1) is 16.0. The SMILES string of the molecule is CCCCCCCCCCCCCCCCCC(=O)O.CN1C(C)(C)C(=O)N(CCO)C1(C)C. The van der Waals surface area contributed by atoms with E-state index in [1.54, 1.807) is 4.90 Å². The number of aliphatic hydroxyl groups excluding tert-OH is 1. The summed E-state index contributed by atoms with van der Waals surface area (Å²) in [5, 5.41) is 17.4. The van der Waals surface area contributed by atoms with Crippen LogP contribution in [0.5, 0.6) is 0 Å². The number of rotatable bonds is 18. The smallest absolute Gasteiger partial charge is 0.303 e. The number of likely N-dealkylation sites (N-methyl/N-ethyl adjacent to an activating group) is 1. The number of hydrogen-bond donors (Lipinski definition) is 2. The summed E-state index contributed by atoms with van der Waals surface area (Å²) in [4.78, 5) is 26.1. The van der Waals surface area contributed by atoms with Crippen LogP contribution in [0.1, 0.15) is 137 Å². The van der Waals surface area contributed by atoms with Crippen LogP contribution in [0.2, 0.25) is 0 Å². The van der Waals surface area contributed by atoms with Crippen molar-refractivity contribution in [1.29, 1.82) is 0 Å². The van der Waals surface area contributed by atoms with Gasteiger partial charge in [0.2, 0.25) is 5.91 Å². The molecule has 1 fully saturated rings. The highest BCUT2D eigenvalue weighted by Gasteiger charge is 2.53. The van der Waals surface area contributed by atoms with Crippen molar-refractivity contribution < 1.29 is 19.8 Å². The molecule has 1 saturated heterocycles. The van der Waals surface area contributed by atoms with Gasteiger partial charge in [0.15, 0.2) is 0 Å². The lowest BCUT2D eigenvalue weighted by Crippen LogP contribution is -2.50. The number of β-amino-alcohol motifs (C(OH)–C–C–N with tert-alkyl or cyclic N) is 1. The average Bonchev–Trinajstić information content (AvgIpc) is 2.89. The Morgan fingerprint density at radius 3 is 1.44 bits per heavy atom. The van der Waals surface area contributed by atoms with Gasteiger partial charge >= 0.3 is 5.97 Å². The quantitative estimate of drug-likeness (QED) is 0.214. The first kappa shape index (κ1) is 32.9. The Kier molecular flexibility index (Phi) is 17.6. The van der Waals surface area contributed by atoms with Gasteiger partial charge < -0.3 is 15.1 Å². The van der Waals surface area contributed by atoms with Gasteiger partial charge in [-0.3, -0.25) is 14.5 Å². The van der Waals surface area contributed by atoms with Crippen LogP contribution in [0.25, 0.3) is 0 Å². The van der Waals surface area contributed by atoms with Crippen LogP contribution in [-0.2, 0) is 9.59 Å². The molecule has 0 bridgehead atoms. The summed E-state index contributed by atoms with van der Waals surface area (Å²) in [6, 6.07) is 0. The Bertz CT molecular complexity index is 549. The Labute approximate surface area is 210 Å². The maximum absolute atomic E-state index is 12.0. The van der Waals surface area contributed by atoms with Crippen LogP contribution in [0.4, 0.5) is 0 Å². The van der Waals surface area contributed by atoms with E-state index in [4.69, 9.17) is 10.2 Å². The minimum atomic E-state index is -0.653. The molecule has 34 heavy (non-hydrogen) atoms. The number of hydrogen-bond acceptors (Lipinski definition) is 4. The number of amides is 1. The second-order valence-electron chi connectivity index (χ2n) is 10.9. The van der Waals surface area contributed by atoms with Gasteiger partial charge in [-0.25, -0.2) is 0 Å². The molecule has 0 unspecified atom stereocenters. The van der Waals surface area contributed by atoms with E-state index in [9.17, 15) is 9.59 Å². The third kappa shape index (κ3) is 12.5. The van der Waals surface area contributed by atoms with E-state index in [1.165, 1.54) is 83.5 Å². The lowest BCUT2D eigenvalue weighted by atomic mass is 10.0. The van der Waals surface area contributed by atoms with Crippen LogP contribution in [0.3, 0.4) is 0 Å². The van der Waals surface area contributed by atoms with E-state index < -0.39 is 11.5 Å². The van der Waals surface area contributed by atoms with Gasteiger partial charge in [-0.2, -0.15) is 0 Å². The molecule has 1 amide bonds. The maximum Gasteiger partial charge on any atom is 0.303 e. The summed E-state index contributed by atoms with van der Waals surface area (Å²) in [7, 11) is 1.94. The fourth-order valence-corrected chi connectivity index (χ4v) is 4.71. The molecule has 0 atom stereocenters. The predicted molar refractivity (Wildman–Crippen MR) is 142 cm³/mol. The molecule has 0 spiro atoms. The standard InChI is InChI=1S/C18H36O2.C10H20N2O2/c1-2-3-4-5-6-7-8-9-10-11-12-13-14-15-16-17-18(19)20;1-9(2)8(14)12(6-7-13)10(3,4)11(9)5/h2-17H2,1H3,(H,19,20);13H,6-7H2,1-5H3. The highest BCUT2D eigenvalue weighted by atomic mass is 16.4. The maximum atomic E-state index is 12.0. The number of aliphatic hydroxyl groups is 1. The second kappa shape index (κ2) is 18.2. The Morgan fingerprint density at radius 1 is 0.765 bits per heavy atom. The molecule has 1 aliphatic heterocycles. The molecule has 0 saturated carbocycles. The Morgan fingerprint density at radius 2 is 1.15 bits per heavy atom. The summed E-state index contributed by atoms with van der Waals surface area (Å²) < 4.78 is 0. The lowest BCUT2D eigenvalue weighted by Gasteiger charge is -2.37. The summed E-state index contributed by atoms with van der Waals surface area (Å²) in [5.41, 5.74) is -0.790. The third-order valence-corrected chi connectivity index (χ3v) is 7.41. The summed E-state index contributed by atoms with van der Waals surface area (Å²) in [6.07, 6.45) is 20.2. The van der Waals surface area contributed by atoms with Gasteiger partial charge in [-0.1, -0.05) is 96.8 Å². The van der Waals surface area contributed by atoms with Gasteiger partial charge in [-0.05, 0) is 41.2 Å². The number of carboxylic acid groups (broad SMARTS) is 1. The molecule has 6 heteroatoms. The fourth-order valence-electron chi connectivity index (χ4n) is 4.71. The molecule has 202 valence electrons. The molecule has 0 aromatic carbocycles. The molecule has 1 aliphatic rings. The van der Waals surface area contributed by atoms with Crippen molar-refractivity contribution in [2.24, 2.45) is 0 Å². The molecule has 0 aromatic rings. The predicted octanol–water partition coefficient (Wildman–Crippen LogP) is 6.60. The summed E-state index contributed by atoms with van der Waals surface area (Å²) in [5.74, 6) is -0.571. The molecule has 0 aromatic heterocycles. The van der Waals surface area contributed by atoms with Crippen LogP contribution < -0.4 is 0 Å². The molecular weight excluding hydrogens is 428 g/mol. The largest absolute Gasteiger partial charge is 0.481 e. The van der Waals surface area contributed by atoms with Crippen LogP contribution in [0.15, 0.2) is 0 Å². The monoisotopic (exact) mass is 484 g/mol. The molecule has 0 aliphatic carbocycles. The molecule has 2 N–H and O–H groups in total. The van der Waals surface area contributed by atoms with Crippen molar-refractivity contribution in [3.8, 4) is 0 Å². The van der Waals surface area contributed by atoms with Crippen molar-refractivity contribution in [3.05, 3.63) is 0 Å². The van der Waals surface area contributed by atoms with Crippen molar-refractivity contribution >= 4 is 11.9 Å². The molecular formula is C28H56N2O4. The topological polar surface area (TPSA) is 81.1 Å². The van der Waals surface area contributed by atoms with Crippen molar-refractivity contribution in [2.45, 2.75) is 149 Å². The van der Waals surface area contributed by atoms with E-state index in [0.717, 1.165) is 12.8 Å². The Balaban J connectivity index is 0.000000679. The number of unbranched alkanes of at least 4 members (excludes halogenated alkanes) is 14. The number of nitrogens with zero attached hydrogens (tertiary/aromatic N) is 2. The normalized spacial score (nSPS) is 17.0. The van der Waals surface area contributed by atoms with Crippen LogP contribution in [0, 0.1) is 0 Å². The summed E-state index contributed by atoms with van der Waals surface area (Å²) in [6.45, 7) is 10.5. The van der Waals surface area contributed by atoms with Crippen molar-refractivity contribution in [1.82, 2.24) is 9.80 Å². The lowest BCUT2D eigenvalue weighted by molar-refractivity contribution is -0.137. The number of carboxylic acids is 1. The zero-order chi connectivity index (χ0) is 26.0.